The summed E-state index contributed by atoms with van der Waals surface area (Å²) in [7, 11) is -0.478. The van der Waals surface area contributed by atoms with Gasteiger partial charge in [-0.05, 0) is 55.2 Å². The van der Waals surface area contributed by atoms with Crippen molar-refractivity contribution in [1.82, 2.24) is 10.2 Å². The number of sulfonamides is 1. The number of anilines is 1. The second-order valence-electron chi connectivity index (χ2n) is 8.23. The lowest BCUT2D eigenvalue weighted by molar-refractivity contribution is -0.141. The first kappa shape index (κ1) is 28.5. The summed E-state index contributed by atoms with van der Waals surface area (Å²) in [6, 6.07) is 11.7. The number of benzene rings is 2. The van der Waals surface area contributed by atoms with E-state index in [4.69, 9.17) is 16.3 Å². The van der Waals surface area contributed by atoms with E-state index in [-0.39, 0.29) is 37.7 Å². The molecule has 0 heterocycles. The SMILES string of the molecule is CC[C@H](C(=O)NC)N(Cc1ccc(OC)cc1)C(=O)CCCN(c1cccc(Cl)c1C)S(C)(=O)=O. The van der Waals surface area contributed by atoms with Crippen LogP contribution in [0.1, 0.15) is 37.3 Å². The zero-order chi connectivity index (χ0) is 26.2. The molecule has 1 N–H and O–H groups in total. The predicted octanol–water partition coefficient (Wildman–Crippen LogP) is 3.76. The van der Waals surface area contributed by atoms with Crippen LogP contribution in [0.25, 0.3) is 0 Å². The molecule has 2 amide bonds. The van der Waals surface area contributed by atoms with Crippen molar-refractivity contribution in [3.8, 4) is 5.75 Å². The Morgan fingerprint density at radius 1 is 1.14 bits per heavy atom. The molecule has 2 rings (SSSR count). The average Bonchev–Trinajstić information content (AvgIpc) is 2.83. The number of nitrogens with one attached hydrogen (secondary N) is 1. The lowest BCUT2D eigenvalue weighted by atomic mass is 10.1. The van der Waals surface area contributed by atoms with Crippen molar-refractivity contribution in [3.63, 3.8) is 0 Å². The van der Waals surface area contributed by atoms with Crippen molar-refractivity contribution < 1.29 is 22.7 Å². The van der Waals surface area contributed by atoms with Crippen LogP contribution in [0, 0.1) is 6.92 Å². The summed E-state index contributed by atoms with van der Waals surface area (Å²) in [5, 5.41) is 3.10. The number of nitrogens with zero attached hydrogens (tertiary/aromatic N) is 2. The maximum absolute atomic E-state index is 13.3. The molecule has 0 spiro atoms. The highest BCUT2D eigenvalue weighted by molar-refractivity contribution is 7.92. The smallest absolute Gasteiger partial charge is 0.242 e. The fourth-order valence-electron chi connectivity index (χ4n) is 3.86. The molecular formula is C25H34ClN3O5S. The van der Waals surface area contributed by atoms with Gasteiger partial charge < -0.3 is 15.0 Å². The van der Waals surface area contributed by atoms with Crippen molar-refractivity contribution >= 4 is 39.1 Å². The Balaban J connectivity index is 2.22. The molecule has 35 heavy (non-hydrogen) atoms. The molecule has 2 aromatic rings. The van der Waals surface area contributed by atoms with Gasteiger partial charge in [-0.25, -0.2) is 8.42 Å². The molecule has 0 unspecified atom stereocenters. The number of methoxy groups -OCH3 is 1. The number of carbonyl (C=O) groups is 2. The third-order valence-corrected chi connectivity index (χ3v) is 7.39. The van der Waals surface area contributed by atoms with Gasteiger partial charge in [0.1, 0.15) is 11.8 Å². The summed E-state index contributed by atoms with van der Waals surface area (Å²) in [6.45, 7) is 3.96. The minimum Gasteiger partial charge on any atom is -0.497 e. The Hall–Kier alpha value is -2.78. The Morgan fingerprint density at radius 2 is 1.80 bits per heavy atom. The normalized spacial score (nSPS) is 12.1. The molecule has 1 atom stereocenters. The van der Waals surface area contributed by atoms with Gasteiger partial charge in [-0.1, -0.05) is 36.7 Å². The highest BCUT2D eigenvalue weighted by Gasteiger charge is 2.28. The number of halogens is 1. The van der Waals surface area contributed by atoms with Gasteiger partial charge >= 0.3 is 0 Å². The topological polar surface area (TPSA) is 96.0 Å². The number of hydrogen-bond acceptors (Lipinski definition) is 5. The standard InChI is InChI=1S/C25H34ClN3O5S/c1-6-22(25(31)27-3)28(17-19-12-14-20(34-4)15-13-19)24(30)11-8-16-29(35(5,32)33)23-10-7-9-21(26)18(23)2/h7,9-10,12-15,22H,6,8,11,16-17H2,1-5H3,(H,27,31)/t22-/m1/s1. The van der Waals surface area contributed by atoms with E-state index in [1.807, 2.05) is 19.1 Å². The summed E-state index contributed by atoms with van der Waals surface area (Å²) >= 11 is 6.20. The van der Waals surface area contributed by atoms with Crippen LogP contribution in [0.2, 0.25) is 5.02 Å². The van der Waals surface area contributed by atoms with Crippen molar-refractivity contribution in [2.45, 2.75) is 45.7 Å². The molecule has 0 aliphatic heterocycles. The number of rotatable bonds is 12. The van der Waals surface area contributed by atoms with E-state index in [0.29, 0.717) is 28.4 Å². The average molecular weight is 524 g/mol. The fourth-order valence-corrected chi connectivity index (χ4v) is 5.05. The van der Waals surface area contributed by atoms with Gasteiger partial charge in [0.15, 0.2) is 0 Å². The number of amides is 2. The van der Waals surface area contributed by atoms with E-state index in [9.17, 15) is 18.0 Å². The zero-order valence-electron chi connectivity index (χ0n) is 20.9. The molecule has 0 fully saturated rings. The molecule has 0 saturated carbocycles. The van der Waals surface area contributed by atoms with Crippen molar-refractivity contribution in [1.29, 1.82) is 0 Å². The summed E-state index contributed by atoms with van der Waals surface area (Å²) in [4.78, 5) is 27.4. The maximum atomic E-state index is 13.3. The molecule has 0 aliphatic carbocycles. The molecule has 0 saturated heterocycles. The highest BCUT2D eigenvalue weighted by Crippen LogP contribution is 2.28. The molecule has 0 radical (unpaired) electrons. The van der Waals surface area contributed by atoms with E-state index in [2.05, 4.69) is 5.32 Å². The molecule has 0 aliphatic rings. The Bertz CT molecular complexity index is 1120. The Kier molecular flexibility index (Phi) is 10.4. The Morgan fingerprint density at radius 3 is 2.34 bits per heavy atom. The minimum absolute atomic E-state index is 0.0787. The van der Waals surface area contributed by atoms with Gasteiger partial charge in [-0.15, -0.1) is 0 Å². The number of likely N-dealkylation sites (N-methyl/N-ethyl adjacent to an activating group) is 1. The van der Waals surface area contributed by atoms with E-state index >= 15 is 0 Å². The van der Waals surface area contributed by atoms with Gasteiger partial charge in [0, 0.05) is 31.6 Å². The largest absolute Gasteiger partial charge is 0.497 e. The molecule has 0 bridgehead atoms. The van der Waals surface area contributed by atoms with Crippen LogP contribution in [0.3, 0.4) is 0 Å². The van der Waals surface area contributed by atoms with Gasteiger partial charge in [-0.2, -0.15) is 0 Å². The number of carbonyl (C=O) groups excluding carboxylic acids is 2. The molecule has 2 aromatic carbocycles. The van der Waals surface area contributed by atoms with Crippen LogP contribution in [0.5, 0.6) is 5.75 Å². The Labute approximate surface area is 213 Å². The van der Waals surface area contributed by atoms with E-state index in [1.54, 1.807) is 56.3 Å². The van der Waals surface area contributed by atoms with Gasteiger partial charge in [-0.3, -0.25) is 13.9 Å². The second kappa shape index (κ2) is 12.8. The lowest BCUT2D eigenvalue weighted by Crippen LogP contribution is -2.48. The van der Waals surface area contributed by atoms with E-state index < -0.39 is 16.1 Å². The number of hydrogen-bond donors (Lipinski definition) is 1. The van der Waals surface area contributed by atoms with Crippen LogP contribution in [-0.4, -0.2) is 58.1 Å². The molecule has 0 aromatic heterocycles. The summed E-state index contributed by atoms with van der Waals surface area (Å²) in [5.74, 6) is 0.219. The summed E-state index contributed by atoms with van der Waals surface area (Å²) in [6.07, 6.45) is 1.93. The van der Waals surface area contributed by atoms with Crippen molar-refractivity contribution in [2.75, 3.05) is 31.3 Å². The van der Waals surface area contributed by atoms with E-state index in [0.717, 1.165) is 11.8 Å². The zero-order valence-corrected chi connectivity index (χ0v) is 22.4. The van der Waals surface area contributed by atoms with Gasteiger partial charge in [0.05, 0.1) is 19.1 Å². The minimum atomic E-state index is -3.60. The summed E-state index contributed by atoms with van der Waals surface area (Å²) in [5.41, 5.74) is 1.99. The molecule has 10 heteroatoms. The van der Waals surface area contributed by atoms with E-state index in [1.165, 1.54) is 4.31 Å². The highest BCUT2D eigenvalue weighted by atomic mass is 35.5. The maximum Gasteiger partial charge on any atom is 0.242 e. The van der Waals surface area contributed by atoms with Gasteiger partial charge in [0.25, 0.3) is 0 Å². The van der Waals surface area contributed by atoms with Crippen molar-refractivity contribution in [3.05, 3.63) is 58.6 Å². The first-order valence-corrected chi connectivity index (χ1v) is 13.6. The van der Waals surface area contributed by atoms with Crippen molar-refractivity contribution in [2.24, 2.45) is 0 Å². The third-order valence-electron chi connectivity index (χ3n) is 5.80. The van der Waals surface area contributed by atoms with Crippen LogP contribution in [0.15, 0.2) is 42.5 Å². The number of ether oxygens (including phenoxy) is 1. The van der Waals surface area contributed by atoms with Gasteiger partial charge in [0.2, 0.25) is 21.8 Å². The first-order valence-electron chi connectivity index (χ1n) is 11.4. The fraction of sp³-hybridized carbons (Fsp3) is 0.440. The third kappa shape index (κ3) is 7.60. The van der Waals surface area contributed by atoms with Crippen LogP contribution in [0.4, 0.5) is 5.69 Å². The first-order chi connectivity index (χ1) is 16.5. The van der Waals surface area contributed by atoms with Crippen LogP contribution < -0.4 is 14.4 Å². The summed E-state index contributed by atoms with van der Waals surface area (Å²) < 4.78 is 31.5. The monoisotopic (exact) mass is 523 g/mol. The second-order valence-corrected chi connectivity index (χ2v) is 10.5. The molecular weight excluding hydrogens is 490 g/mol. The molecule has 8 nitrogen and oxygen atoms in total. The van der Waals surface area contributed by atoms with Crippen LogP contribution in [-0.2, 0) is 26.2 Å². The van der Waals surface area contributed by atoms with Crippen LogP contribution >= 0.6 is 11.6 Å². The predicted molar refractivity (Wildman–Crippen MR) is 139 cm³/mol. The molecule has 192 valence electrons. The lowest BCUT2D eigenvalue weighted by Gasteiger charge is -2.31. The quantitative estimate of drug-likeness (QED) is 0.457.